The molecule has 3 rings (SSSR count). The molecule has 19 heavy (non-hydrogen) atoms. The Labute approximate surface area is 108 Å². The first kappa shape index (κ1) is 11.5. The number of fused-ring (bicyclic) bond motifs is 1. The van der Waals surface area contributed by atoms with E-state index in [1.54, 1.807) is 42.2 Å². The van der Waals surface area contributed by atoms with Crippen molar-refractivity contribution in [2.75, 3.05) is 0 Å². The van der Waals surface area contributed by atoms with Gasteiger partial charge in [-0.2, -0.15) is 5.10 Å². The molecule has 0 saturated heterocycles. The lowest BCUT2D eigenvalue weighted by Crippen LogP contribution is -2.02. The maximum absolute atomic E-state index is 13.5. The van der Waals surface area contributed by atoms with E-state index in [4.69, 9.17) is 0 Å². The summed E-state index contributed by atoms with van der Waals surface area (Å²) in [4.78, 5) is 16.3. The van der Waals surface area contributed by atoms with Gasteiger partial charge >= 0.3 is 0 Å². The number of aryl methyl sites for hydroxylation is 1. The van der Waals surface area contributed by atoms with Crippen molar-refractivity contribution in [3.8, 4) is 0 Å². The summed E-state index contributed by atoms with van der Waals surface area (Å²) in [5, 5.41) is 4.07. The quantitative estimate of drug-likeness (QED) is 0.661. The van der Waals surface area contributed by atoms with Crippen molar-refractivity contribution in [2.45, 2.75) is 6.92 Å². The van der Waals surface area contributed by atoms with Crippen LogP contribution in [-0.4, -0.2) is 20.4 Å². The smallest absolute Gasteiger partial charge is 0.196 e. The predicted molar refractivity (Wildman–Crippen MR) is 67.6 cm³/mol. The minimum absolute atomic E-state index is 0.262. The van der Waals surface area contributed by atoms with Gasteiger partial charge in [0.1, 0.15) is 5.82 Å². The number of carbonyl (C=O) groups excluding carboxylic acids is 1. The molecule has 2 aromatic heterocycles. The first-order valence-electron chi connectivity index (χ1n) is 5.75. The van der Waals surface area contributed by atoms with E-state index in [0.717, 1.165) is 0 Å². The Hall–Kier alpha value is -2.56. The summed E-state index contributed by atoms with van der Waals surface area (Å²) in [5.41, 5.74) is 1.84. The molecule has 0 fully saturated rings. The monoisotopic (exact) mass is 255 g/mol. The van der Waals surface area contributed by atoms with Gasteiger partial charge < -0.3 is 0 Å². The Kier molecular flexibility index (Phi) is 2.59. The van der Waals surface area contributed by atoms with Crippen LogP contribution in [0.15, 0.2) is 43.0 Å². The van der Waals surface area contributed by atoms with E-state index in [2.05, 4.69) is 10.1 Å². The third kappa shape index (κ3) is 1.89. The molecule has 0 radical (unpaired) electrons. The van der Waals surface area contributed by atoms with Crippen molar-refractivity contribution >= 4 is 11.3 Å². The van der Waals surface area contributed by atoms with E-state index in [1.807, 2.05) is 0 Å². The second kappa shape index (κ2) is 4.28. The van der Waals surface area contributed by atoms with Gasteiger partial charge in [-0.3, -0.25) is 9.78 Å². The van der Waals surface area contributed by atoms with Crippen LogP contribution in [0.2, 0.25) is 0 Å². The standard InChI is InChI=1S/C14H10FN3O/c1-9-2-3-10(6-12(9)15)14(19)11-7-17-18-5-4-16-8-13(11)18/h2-8H,1H3. The number of rotatable bonds is 2. The lowest BCUT2D eigenvalue weighted by atomic mass is 10.0. The molecule has 0 bridgehead atoms. The second-order valence-corrected chi connectivity index (χ2v) is 4.26. The first-order chi connectivity index (χ1) is 9.16. The summed E-state index contributed by atoms with van der Waals surface area (Å²) < 4.78 is 15.1. The lowest BCUT2D eigenvalue weighted by molar-refractivity contribution is 0.104. The Morgan fingerprint density at radius 1 is 1.32 bits per heavy atom. The van der Waals surface area contributed by atoms with E-state index in [9.17, 15) is 9.18 Å². The van der Waals surface area contributed by atoms with Gasteiger partial charge in [-0.1, -0.05) is 12.1 Å². The van der Waals surface area contributed by atoms with Crippen LogP contribution in [-0.2, 0) is 0 Å². The van der Waals surface area contributed by atoms with E-state index < -0.39 is 0 Å². The summed E-state index contributed by atoms with van der Waals surface area (Å²) in [7, 11) is 0. The molecule has 0 spiro atoms. The van der Waals surface area contributed by atoms with E-state index in [0.29, 0.717) is 22.2 Å². The molecule has 1 aromatic carbocycles. The number of hydrogen-bond donors (Lipinski definition) is 0. The van der Waals surface area contributed by atoms with Gasteiger partial charge in [0.2, 0.25) is 0 Å². The average molecular weight is 255 g/mol. The van der Waals surface area contributed by atoms with Gasteiger partial charge in [-0.25, -0.2) is 8.91 Å². The van der Waals surface area contributed by atoms with Crippen molar-refractivity contribution in [2.24, 2.45) is 0 Å². The molecule has 94 valence electrons. The fourth-order valence-electron chi connectivity index (χ4n) is 1.90. The Bertz CT molecular complexity index is 779. The molecule has 0 N–H and O–H groups in total. The van der Waals surface area contributed by atoms with Crippen LogP contribution >= 0.6 is 0 Å². The molecular weight excluding hydrogens is 245 g/mol. The van der Waals surface area contributed by atoms with E-state index in [-0.39, 0.29) is 11.6 Å². The summed E-state index contributed by atoms with van der Waals surface area (Å²) in [6, 6.07) is 4.45. The zero-order valence-corrected chi connectivity index (χ0v) is 10.2. The highest BCUT2D eigenvalue weighted by molar-refractivity contribution is 6.12. The molecule has 0 amide bonds. The van der Waals surface area contributed by atoms with Gasteiger partial charge in [0.05, 0.1) is 23.5 Å². The highest BCUT2D eigenvalue weighted by atomic mass is 19.1. The van der Waals surface area contributed by atoms with Crippen molar-refractivity contribution in [3.63, 3.8) is 0 Å². The summed E-state index contributed by atoms with van der Waals surface area (Å²) in [6.45, 7) is 1.66. The van der Waals surface area contributed by atoms with Gasteiger partial charge in [0.25, 0.3) is 0 Å². The SMILES string of the molecule is Cc1ccc(C(=O)c2cnn3ccncc23)cc1F. The number of carbonyl (C=O) groups is 1. The number of halogens is 1. The molecule has 0 atom stereocenters. The molecule has 2 heterocycles. The fourth-order valence-corrected chi connectivity index (χ4v) is 1.90. The van der Waals surface area contributed by atoms with Crippen LogP contribution in [0.1, 0.15) is 21.5 Å². The van der Waals surface area contributed by atoms with Crippen LogP contribution in [0, 0.1) is 12.7 Å². The lowest BCUT2D eigenvalue weighted by Gasteiger charge is -2.01. The molecule has 4 nitrogen and oxygen atoms in total. The maximum Gasteiger partial charge on any atom is 0.196 e. The van der Waals surface area contributed by atoms with Gasteiger partial charge in [-0.05, 0) is 18.6 Å². The largest absolute Gasteiger partial charge is 0.288 e. The van der Waals surface area contributed by atoms with Gasteiger partial charge in [-0.15, -0.1) is 0 Å². The predicted octanol–water partition coefficient (Wildman–Crippen LogP) is 2.41. The van der Waals surface area contributed by atoms with E-state index >= 15 is 0 Å². The highest BCUT2D eigenvalue weighted by Crippen LogP contribution is 2.17. The zero-order valence-electron chi connectivity index (χ0n) is 10.2. The topological polar surface area (TPSA) is 47.3 Å². The normalized spacial score (nSPS) is 10.8. The summed E-state index contributed by atoms with van der Waals surface area (Å²) in [6.07, 6.45) is 6.27. The molecule has 5 heteroatoms. The van der Waals surface area contributed by atoms with Crippen LogP contribution in [0.4, 0.5) is 4.39 Å². The Balaban J connectivity index is 2.11. The number of nitrogens with zero attached hydrogens (tertiary/aromatic N) is 3. The molecule has 3 aromatic rings. The molecule has 0 aliphatic rings. The van der Waals surface area contributed by atoms with E-state index in [1.165, 1.54) is 12.3 Å². The van der Waals surface area contributed by atoms with Crippen LogP contribution < -0.4 is 0 Å². The Morgan fingerprint density at radius 3 is 2.95 bits per heavy atom. The fraction of sp³-hybridized carbons (Fsp3) is 0.0714. The van der Waals surface area contributed by atoms with Gasteiger partial charge in [0, 0.05) is 18.0 Å². The zero-order chi connectivity index (χ0) is 13.4. The number of hydrogen-bond acceptors (Lipinski definition) is 3. The number of ketones is 1. The second-order valence-electron chi connectivity index (χ2n) is 4.26. The molecule has 0 saturated carbocycles. The minimum Gasteiger partial charge on any atom is -0.288 e. The first-order valence-corrected chi connectivity index (χ1v) is 5.75. The van der Waals surface area contributed by atoms with Crippen molar-refractivity contribution in [3.05, 3.63) is 65.5 Å². The average Bonchev–Trinajstić information content (AvgIpc) is 2.85. The highest BCUT2D eigenvalue weighted by Gasteiger charge is 2.15. The Morgan fingerprint density at radius 2 is 2.16 bits per heavy atom. The minimum atomic E-state index is -0.388. The summed E-state index contributed by atoms with van der Waals surface area (Å²) >= 11 is 0. The van der Waals surface area contributed by atoms with Crippen molar-refractivity contribution in [1.82, 2.24) is 14.6 Å². The number of benzene rings is 1. The molecule has 0 aliphatic carbocycles. The van der Waals surface area contributed by atoms with Crippen molar-refractivity contribution in [1.29, 1.82) is 0 Å². The molecule has 0 unspecified atom stereocenters. The maximum atomic E-state index is 13.5. The molecular formula is C14H10FN3O. The number of aromatic nitrogens is 3. The van der Waals surface area contributed by atoms with Crippen LogP contribution in [0.5, 0.6) is 0 Å². The van der Waals surface area contributed by atoms with Gasteiger partial charge in [0.15, 0.2) is 5.78 Å². The third-order valence-corrected chi connectivity index (χ3v) is 3.00. The van der Waals surface area contributed by atoms with Crippen molar-refractivity contribution < 1.29 is 9.18 Å². The molecule has 0 aliphatic heterocycles. The van der Waals surface area contributed by atoms with Crippen LogP contribution in [0.25, 0.3) is 5.52 Å². The summed E-state index contributed by atoms with van der Waals surface area (Å²) in [5.74, 6) is -0.651. The van der Waals surface area contributed by atoms with Crippen LogP contribution in [0.3, 0.4) is 0 Å². The third-order valence-electron chi connectivity index (χ3n) is 3.00.